The van der Waals surface area contributed by atoms with Crippen molar-refractivity contribution in [1.82, 2.24) is 5.32 Å². The van der Waals surface area contributed by atoms with Crippen molar-refractivity contribution in [2.24, 2.45) is 11.1 Å². The van der Waals surface area contributed by atoms with E-state index in [-0.39, 0.29) is 29.2 Å². The molecule has 0 saturated heterocycles. The second-order valence-corrected chi connectivity index (χ2v) is 6.61. The van der Waals surface area contributed by atoms with Crippen molar-refractivity contribution in [3.8, 4) is 5.75 Å². The summed E-state index contributed by atoms with van der Waals surface area (Å²) in [6, 6.07) is 6.62. The Labute approximate surface area is 121 Å². The molecule has 0 radical (unpaired) electrons. The molecule has 1 aromatic carbocycles. The average molecular weight is 278 g/mol. The fourth-order valence-electron chi connectivity index (χ4n) is 2.27. The van der Waals surface area contributed by atoms with Crippen LogP contribution in [0.15, 0.2) is 24.3 Å². The van der Waals surface area contributed by atoms with Gasteiger partial charge in [0, 0.05) is 12.5 Å². The molecule has 0 spiro atoms. The fourth-order valence-corrected chi connectivity index (χ4v) is 2.27. The van der Waals surface area contributed by atoms with Crippen molar-refractivity contribution in [3.63, 3.8) is 0 Å². The Morgan fingerprint density at radius 3 is 2.60 bits per heavy atom. The van der Waals surface area contributed by atoms with E-state index in [2.05, 4.69) is 26.1 Å². The van der Waals surface area contributed by atoms with E-state index in [1.807, 2.05) is 13.0 Å². The average Bonchev–Trinajstić information content (AvgIpc) is 2.25. The molecule has 2 unspecified atom stereocenters. The van der Waals surface area contributed by atoms with Crippen LogP contribution in [0.3, 0.4) is 0 Å². The number of carbonyl (C=O) groups excluding carboxylic acids is 1. The van der Waals surface area contributed by atoms with E-state index in [0.29, 0.717) is 6.42 Å². The predicted octanol–water partition coefficient (Wildman–Crippen LogP) is 2.72. The van der Waals surface area contributed by atoms with Gasteiger partial charge in [0.05, 0.1) is 6.04 Å². The summed E-state index contributed by atoms with van der Waals surface area (Å²) in [7, 11) is 0. The first-order chi connectivity index (χ1) is 9.17. The molecular weight excluding hydrogens is 252 g/mol. The van der Waals surface area contributed by atoms with Gasteiger partial charge < -0.3 is 16.2 Å². The number of nitrogens with one attached hydrogen (secondary N) is 1. The number of nitrogens with two attached hydrogens (primary N) is 1. The Hall–Kier alpha value is -1.55. The van der Waals surface area contributed by atoms with E-state index in [4.69, 9.17) is 5.73 Å². The zero-order valence-electron chi connectivity index (χ0n) is 12.8. The first-order valence-corrected chi connectivity index (χ1v) is 7.01. The van der Waals surface area contributed by atoms with E-state index >= 15 is 0 Å². The van der Waals surface area contributed by atoms with Crippen LogP contribution in [0, 0.1) is 5.41 Å². The predicted molar refractivity (Wildman–Crippen MR) is 81.3 cm³/mol. The summed E-state index contributed by atoms with van der Waals surface area (Å²) in [5.41, 5.74) is 7.00. The number of phenolic OH excluding ortho intramolecular Hbond substituents is 1. The van der Waals surface area contributed by atoms with Crippen LogP contribution in [0.1, 0.15) is 52.1 Å². The minimum absolute atomic E-state index is 0.0578. The van der Waals surface area contributed by atoms with Gasteiger partial charge in [-0.1, -0.05) is 32.9 Å². The topological polar surface area (TPSA) is 75.4 Å². The number of benzene rings is 1. The first kappa shape index (κ1) is 16.5. The molecule has 0 fully saturated rings. The maximum Gasteiger partial charge on any atom is 0.222 e. The number of aromatic hydroxyl groups is 1. The SMILES string of the molecule is CC(NC(=O)CC(N)CC(C)(C)C)c1cccc(O)c1. The Kier molecular flexibility index (Phi) is 5.57. The molecule has 4 N–H and O–H groups in total. The summed E-state index contributed by atoms with van der Waals surface area (Å²) in [4.78, 5) is 12.0. The van der Waals surface area contributed by atoms with Crippen molar-refractivity contribution in [1.29, 1.82) is 0 Å². The van der Waals surface area contributed by atoms with Crippen LogP contribution in [0.25, 0.3) is 0 Å². The molecule has 1 amide bonds. The Morgan fingerprint density at radius 2 is 2.05 bits per heavy atom. The summed E-state index contributed by atoms with van der Waals surface area (Å²) >= 11 is 0. The van der Waals surface area contributed by atoms with E-state index in [1.54, 1.807) is 18.2 Å². The molecule has 0 bridgehead atoms. The minimum atomic E-state index is -0.142. The molecule has 0 heterocycles. The molecule has 4 nitrogen and oxygen atoms in total. The van der Waals surface area contributed by atoms with Crippen LogP contribution in [0.2, 0.25) is 0 Å². The molecule has 2 atom stereocenters. The molecule has 4 heteroatoms. The molecule has 0 aliphatic carbocycles. The highest BCUT2D eigenvalue weighted by Gasteiger charge is 2.19. The van der Waals surface area contributed by atoms with Crippen molar-refractivity contribution < 1.29 is 9.90 Å². The van der Waals surface area contributed by atoms with E-state index in [0.717, 1.165) is 12.0 Å². The molecule has 0 aromatic heterocycles. The third kappa shape index (κ3) is 6.06. The maximum atomic E-state index is 12.0. The molecule has 1 aromatic rings. The van der Waals surface area contributed by atoms with E-state index in [9.17, 15) is 9.90 Å². The maximum absolute atomic E-state index is 12.0. The summed E-state index contributed by atoms with van der Waals surface area (Å²) in [6.45, 7) is 8.22. The van der Waals surface area contributed by atoms with Gasteiger partial charge in [0.25, 0.3) is 0 Å². The van der Waals surface area contributed by atoms with Crippen LogP contribution in [-0.4, -0.2) is 17.1 Å². The van der Waals surface area contributed by atoms with Crippen molar-refractivity contribution >= 4 is 5.91 Å². The van der Waals surface area contributed by atoms with Crippen molar-refractivity contribution in [2.75, 3.05) is 0 Å². The lowest BCUT2D eigenvalue weighted by Gasteiger charge is -2.23. The van der Waals surface area contributed by atoms with Crippen LogP contribution >= 0.6 is 0 Å². The summed E-state index contributed by atoms with van der Waals surface area (Å²) in [5, 5.41) is 12.3. The smallest absolute Gasteiger partial charge is 0.222 e. The number of carbonyl (C=O) groups is 1. The second kappa shape index (κ2) is 6.75. The van der Waals surface area contributed by atoms with Gasteiger partial charge in [-0.25, -0.2) is 0 Å². The highest BCUT2D eigenvalue weighted by Crippen LogP contribution is 2.21. The Bertz CT molecular complexity index is 452. The summed E-state index contributed by atoms with van der Waals surface area (Å²) in [6.07, 6.45) is 1.13. The van der Waals surface area contributed by atoms with Gasteiger partial charge >= 0.3 is 0 Å². The van der Waals surface area contributed by atoms with Crippen LogP contribution in [-0.2, 0) is 4.79 Å². The molecule has 0 aliphatic heterocycles. The van der Waals surface area contributed by atoms with Gasteiger partial charge in [-0.15, -0.1) is 0 Å². The normalized spacial score (nSPS) is 14.7. The second-order valence-electron chi connectivity index (χ2n) is 6.61. The van der Waals surface area contributed by atoms with Gasteiger partial charge in [-0.05, 0) is 36.5 Å². The zero-order chi connectivity index (χ0) is 15.3. The third-order valence-corrected chi connectivity index (χ3v) is 3.07. The van der Waals surface area contributed by atoms with E-state index < -0.39 is 0 Å². The van der Waals surface area contributed by atoms with Gasteiger partial charge in [0.2, 0.25) is 5.91 Å². The molecule has 112 valence electrons. The number of amides is 1. The fraction of sp³-hybridized carbons (Fsp3) is 0.562. The highest BCUT2D eigenvalue weighted by molar-refractivity contribution is 5.77. The van der Waals surface area contributed by atoms with Gasteiger partial charge in [0.1, 0.15) is 5.75 Å². The zero-order valence-corrected chi connectivity index (χ0v) is 12.8. The number of hydrogen-bond donors (Lipinski definition) is 3. The third-order valence-electron chi connectivity index (χ3n) is 3.07. The molecule has 0 aliphatic rings. The van der Waals surface area contributed by atoms with Crippen LogP contribution < -0.4 is 11.1 Å². The lowest BCUT2D eigenvalue weighted by molar-refractivity contribution is -0.122. The lowest BCUT2D eigenvalue weighted by Crippen LogP contribution is -2.35. The molecule has 0 saturated carbocycles. The van der Waals surface area contributed by atoms with Gasteiger partial charge in [-0.2, -0.15) is 0 Å². The molecule has 20 heavy (non-hydrogen) atoms. The van der Waals surface area contributed by atoms with Crippen LogP contribution in [0.4, 0.5) is 0 Å². The standard InChI is InChI=1S/C16H26N2O2/c1-11(12-6-5-7-14(19)8-12)18-15(20)9-13(17)10-16(2,3)4/h5-8,11,13,19H,9-10,17H2,1-4H3,(H,18,20). The van der Waals surface area contributed by atoms with Gasteiger partial charge in [-0.3, -0.25) is 4.79 Å². The highest BCUT2D eigenvalue weighted by atomic mass is 16.3. The monoisotopic (exact) mass is 278 g/mol. The Balaban J connectivity index is 2.50. The Morgan fingerprint density at radius 1 is 1.40 bits per heavy atom. The van der Waals surface area contributed by atoms with Crippen molar-refractivity contribution in [2.45, 2.75) is 52.6 Å². The first-order valence-electron chi connectivity index (χ1n) is 7.01. The minimum Gasteiger partial charge on any atom is -0.508 e. The van der Waals surface area contributed by atoms with Crippen LogP contribution in [0.5, 0.6) is 5.75 Å². The number of phenols is 1. The summed E-state index contributed by atoms with van der Waals surface area (Å²) < 4.78 is 0. The van der Waals surface area contributed by atoms with Gasteiger partial charge in [0.15, 0.2) is 0 Å². The molecule has 1 rings (SSSR count). The van der Waals surface area contributed by atoms with E-state index in [1.165, 1.54) is 0 Å². The van der Waals surface area contributed by atoms with Crippen molar-refractivity contribution in [3.05, 3.63) is 29.8 Å². The largest absolute Gasteiger partial charge is 0.508 e. The number of hydrogen-bond acceptors (Lipinski definition) is 3. The lowest BCUT2D eigenvalue weighted by atomic mass is 9.87. The summed E-state index contributed by atoms with van der Waals surface area (Å²) in [5.74, 6) is 0.144. The number of rotatable bonds is 5. The molecular formula is C16H26N2O2. The quantitative estimate of drug-likeness (QED) is 0.775.